The maximum absolute atomic E-state index is 14.3. The average molecular weight is 641 g/mol. The predicted molar refractivity (Wildman–Crippen MR) is 159 cm³/mol. The van der Waals surface area contributed by atoms with E-state index in [1.807, 2.05) is 0 Å². The molecular weight excluding hydrogens is 610 g/mol. The van der Waals surface area contributed by atoms with Gasteiger partial charge in [-0.2, -0.15) is 13.2 Å². The molecule has 1 atom stereocenters. The number of nitrogens with one attached hydrogen (secondary N) is 1. The first-order chi connectivity index (χ1) is 21.7. The largest absolute Gasteiger partial charge is 0.444 e. The van der Waals surface area contributed by atoms with E-state index in [2.05, 4.69) is 10.3 Å². The molecule has 1 amide bonds. The zero-order chi connectivity index (χ0) is 33.3. The van der Waals surface area contributed by atoms with Gasteiger partial charge in [0.1, 0.15) is 12.1 Å². The van der Waals surface area contributed by atoms with Gasteiger partial charge in [0, 0.05) is 23.6 Å². The van der Waals surface area contributed by atoms with E-state index in [1.54, 1.807) is 31.2 Å². The number of carbonyl (C=O) groups excluding carboxylic acids is 2. The molecule has 4 aromatic rings. The molecule has 0 bridgehead atoms. The van der Waals surface area contributed by atoms with Crippen molar-refractivity contribution < 1.29 is 40.3 Å². The fraction of sp³-hybridized carbons (Fsp3) is 0.286. The van der Waals surface area contributed by atoms with E-state index >= 15 is 0 Å². The van der Waals surface area contributed by atoms with Crippen LogP contribution in [0.25, 0.3) is 11.5 Å². The molecule has 0 radical (unpaired) electrons. The molecule has 5 nitrogen and oxygen atoms in total. The number of alkyl halides is 5. The molecule has 1 aliphatic carbocycles. The number of nitrogens with zero attached hydrogens (tertiary/aromatic N) is 1. The number of aryl methyl sites for hydroxylation is 1. The van der Waals surface area contributed by atoms with Crippen molar-refractivity contribution >= 4 is 11.7 Å². The Morgan fingerprint density at radius 3 is 2.04 bits per heavy atom. The minimum Gasteiger partial charge on any atom is -0.444 e. The molecule has 3 aromatic carbocycles. The molecule has 240 valence electrons. The fourth-order valence-electron chi connectivity index (χ4n) is 5.68. The number of rotatable bonds is 8. The monoisotopic (exact) mass is 640 g/mol. The quantitative estimate of drug-likeness (QED) is 0.119. The standard InChI is InChI=1S/C35H30F6N2O3/c1-21-20-46-31(42-21)25-5-3-23(4-6-25)29(44)19-22-15-17-34(18-16-22,27-11-13-28(36)14-12-27)32(45)43-30(35(39,40)41)24-7-9-26(10-8-24)33(2,37)38/h3-14,19-20,30H,15-18H2,1-2H3,(H,43,45). The molecule has 5 rings (SSSR count). The van der Waals surface area contributed by atoms with Crippen molar-refractivity contribution in [1.29, 1.82) is 0 Å². The summed E-state index contributed by atoms with van der Waals surface area (Å²) in [4.78, 5) is 31.2. The predicted octanol–water partition coefficient (Wildman–Crippen LogP) is 8.94. The summed E-state index contributed by atoms with van der Waals surface area (Å²) in [6, 6.07) is 12.8. The van der Waals surface area contributed by atoms with Crippen molar-refractivity contribution in [2.24, 2.45) is 0 Å². The van der Waals surface area contributed by atoms with Crippen molar-refractivity contribution in [3.05, 3.63) is 124 Å². The van der Waals surface area contributed by atoms with Crippen LogP contribution in [0, 0.1) is 12.7 Å². The van der Waals surface area contributed by atoms with Crippen LogP contribution in [-0.2, 0) is 16.1 Å². The number of amides is 1. The number of hydrogen-bond acceptors (Lipinski definition) is 4. The second-order valence-corrected chi connectivity index (χ2v) is 11.6. The molecule has 0 aliphatic heterocycles. The Morgan fingerprint density at radius 2 is 1.52 bits per heavy atom. The normalized spacial score (nSPS) is 17.8. The van der Waals surface area contributed by atoms with E-state index in [1.165, 1.54) is 24.5 Å². The van der Waals surface area contributed by atoms with Crippen LogP contribution < -0.4 is 5.32 Å². The third kappa shape index (κ3) is 7.08. The number of halogens is 6. The van der Waals surface area contributed by atoms with Crippen LogP contribution in [0.1, 0.15) is 71.4 Å². The zero-order valence-corrected chi connectivity index (χ0v) is 24.9. The highest BCUT2D eigenvalue weighted by Crippen LogP contribution is 2.44. The van der Waals surface area contributed by atoms with Crippen molar-refractivity contribution in [2.75, 3.05) is 0 Å². The molecule has 1 heterocycles. The van der Waals surface area contributed by atoms with Gasteiger partial charge in [0.2, 0.25) is 11.8 Å². The van der Waals surface area contributed by atoms with E-state index in [9.17, 15) is 35.9 Å². The number of oxazole rings is 1. The average Bonchev–Trinajstić information content (AvgIpc) is 3.46. The number of hydrogen-bond donors (Lipinski definition) is 1. The van der Waals surface area contributed by atoms with Gasteiger partial charge in [0.25, 0.3) is 5.92 Å². The second kappa shape index (κ2) is 12.6. The van der Waals surface area contributed by atoms with Crippen LogP contribution in [0.5, 0.6) is 0 Å². The van der Waals surface area contributed by atoms with Gasteiger partial charge in [0.15, 0.2) is 11.8 Å². The molecule has 11 heteroatoms. The number of allylic oxidation sites excluding steroid dienone is 2. The van der Waals surface area contributed by atoms with E-state index in [0.717, 1.165) is 42.1 Å². The fourth-order valence-corrected chi connectivity index (χ4v) is 5.68. The van der Waals surface area contributed by atoms with Gasteiger partial charge in [-0.3, -0.25) is 9.59 Å². The van der Waals surface area contributed by atoms with Crippen molar-refractivity contribution in [3.63, 3.8) is 0 Å². The topological polar surface area (TPSA) is 72.2 Å². The first-order valence-electron chi connectivity index (χ1n) is 14.5. The summed E-state index contributed by atoms with van der Waals surface area (Å²) in [6.07, 6.45) is -1.40. The summed E-state index contributed by atoms with van der Waals surface area (Å²) >= 11 is 0. The Balaban J connectivity index is 1.37. The van der Waals surface area contributed by atoms with Crippen LogP contribution in [0.2, 0.25) is 0 Å². The van der Waals surface area contributed by atoms with Gasteiger partial charge in [-0.1, -0.05) is 54.1 Å². The molecule has 0 saturated heterocycles. The maximum Gasteiger partial charge on any atom is 0.412 e. The van der Waals surface area contributed by atoms with Crippen LogP contribution >= 0.6 is 0 Å². The summed E-state index contributed by atoms with van der Waals surface area (Å²) in [5.74, 6) is -4.62. The third-order valence-corrected chi connectivity index (χ3v) is 8.30. The van der Waals surface area contributed by atoms with Gasteiger partial charge in [0.05, 0.1) is 11.1 Å². The van der Waals surface area contributed by atoms with E-state index in [-0.39, 0.29) is 31.5 Å². The Hall–Kier alpha value is -4.67. The maximum atomic E-state index is 14.3. The smallest absolute Gasteiger partial charge is 0.412 e. The highest BCUT2D eigenvalue weighted by Gasteiger charge is 2.48. The lowest BCUT2D eigenvalue weighted by Gasteiger charge is -2.39. The minimum absolute atomic E-state index is 0.0532. The lowest BCUT2D eigenvalue weighted by Crippen LogP contribution is -2.50. The molecule has 1 fully saturated rings. The Labute approximate surface area is 261 Å². The SMILES string of the molecule is Cc1coc(-c2ccc(C(=O)C=C3CCC(C(=O)NC(c4ccc(C(C)(F)F)cc4)C(F)(F)F)(c4ccc(F)cc4)CC3)cc2)n1. The summed E-state index contributed by atoms with van der Waals surface area (Å²) < 4.78 is 89.4. The van der Waals surface area contributed by atoms with E-state index in [4.69, 9.17) is 4.42 Å². The van der Waals surface area contributed by atoms with Crippen LogP contribution in [0.4, 0.5) is 26.3 Å². The number of carbonyl (C=O) groups is 2. The lowest BCUT2D eigenvalue weighted by atomic mass is 9.67. The van der Waals surface area contributed by atoms with Gasteiger partial charge >= 0.3 is 6.18 Å². The number of aromatic nitrogens is 1. The molecule has 1 aromatic heterocycles. The molecule has 0 spiro atoms. The Kier molecular flexibility index (Phi) is 8.97. The molecule has 1 N–H and O–H groups in total. The summed E-state index contributed by atoms with van der Waals surface area (Å²) in [7, 11) is 0. The number of benzene rings is 3. The van der Waals surface area contributed by atoms with Gasteiger partial charge < -0.3 is 9.73 Å². The van der Waals surface area contributed by atoms with Gasteiger partial charge in [-0.25, -0.2) is 18.2 Å². The first kappa shape index (κ1) is 32.7. The van der Waals surface area contributed by atoms with Crippen molar-refractivity contribution in [2.45, 2.75) is 63.1 Å². The molecule has 1 unspecified atom stereocenters. The molecule has 1 saturated carbocycles. The zero-order valence-electron chi connectivity index (χ0n) is 24.9. The summed E-state index contributed by atoms with van der Waals surface area (Å²) in [5.41, 5.74) is 0.525. The van der Waals surface area contributed by atoms with Gasteiger partial charge in [-0.05, 0) is 74.1 Å². The van der Waals surface area contributed by atoms with Crippen molar-refractivity contribution in [3.8, 4) is 11.5 Å². The van der Waals surface area contributed by atoms with Crippen LogP contribution in [0.15, 0.2) is 95.1 Å². The Bertz CT molecular complexity index is 1730. The molecule has 1 aliphatic rings. The minimum atomic E-state index is -4.94. The summed E-state index contributed by atoms with van der Waals surface area (Å²) in [5, 5.41) is 2.11. The Morgan fingerprint density at radius 1 is 0.913 bits per heavy atom. The summed E-state index contributed by atoms with van der Waals surface area (Å²) in [6.45, 7) is 2.43. The highest BCUT2D eigenvalue weighted by molar-refractivity contribution is 6.05. The molecular formula is C35H30F6N2O3. The highest BCUT2D eigenvalue weighted by atomic mass is 19.4. The van der Waals surface area contributed by atoms with E-state index < -0.39 is 46.4 Å². The lowest BCUT2D eigenvalue weighted by molar-refractivity contribution is -0.165. The third-order valence-electron chi connectivity index (χ3n) is 8.30. The van der Waals surface area contributed by atoms with Crippen LogP contribution in [0.3, 0.4) is 0 Å². The van der Waals surface area contributed by atoms with Crippen LogP contribution in [-0.4, -0.2) is 22.9 Å². The molecule has 46 heavy (non-hydrogen) atoms. The van der Waals surface area contributed by atoms with Crippen molar-refractivity contribution in [1.82, 2.24) is 10.3 Å². The van der Waals surface area contributed by atoms with E-state index in [0.29, 0.717) is 35.1 Å². The van der Waals surface area contributed by atoms with Gasteiger partial charge in [-0.15, -0.1) is 0 Å². The first-order valence-corrected chi connectivity index (χ1v) is 14.5. The number of ketones is 1. The second-order valence-electron chi connectivity index (χ2n) is 11.6.